The molecule has 1 saturated heterocycles. The van der Waals surface area contributed by atoms with Gasteiger partial charge in [0.2, 0.25) is 5.95 Å². The van der Waals surface area contributed by atoms with Crippen LogP contribution >= 0.6 is 0 Å². The third kappa shape index (κ3) is 3.45. The molecule has 2 N–H and O–H groups in total. The molecule has 2 saturated carbocycles. The van der Waals surface area contributed by atoms with Crippen LogP contribution < -0.4 is 15.2 Å². The number of hydrogen-bond acceptors (Lipinski definition) is 5. The average Bonchev–Trinajstić information content (AvgIpc) is 3.48. The minimum Gasteiger partial charge on any atom is -0.493 e. The Hall–Kier alpha value is -2.64. The SMILES string of the molecule is O=C(O)C1CC2(CCN(c3nc4cc(OCC5CC5)cc(F)c4c(=O)[nH]3)CC2)C1. The van der Waals surface area contributed by atoms with E-state index < -0.39 is 17.3 Å². The van der Waals surface area contributed by atoms with E-state index in [1.165, 1.54) is 6.07 Å². The van der Waals surface area contributed by atoms with Gasteiger partial charge in [-0.2, -0.15) is 0 Å². The van der Waals surface area contributed by atoms with E-state index in [9.17, 15) is 14.0 Å². The fraction of sp³-hybridized carbons (Fsp3) is 0.571. The van der Waals surface area contributed by atoms with E-state index in [0.29, 0.717) is 42.8 Å². The lowest BCUT2D eigenvalue weighted by Crippen LogP contribution is -2.49. The summed E-state index contributed by atoms with van der Waals surface area (Å²) in [5.74, 6) is -0.176. The highest BCUT2D eigenvalue weighted by atomic mass is 19.1. The topological polar surface area (TPSA) is 95.5 Å². The van der Waals surface area contributed by atoms with Crippen molar-refractivity contribution < 1.29 is 19.0 Å². The molecule has 3 aliphatic rings. The summed E-state index contributed by atoms with van der Waals surface area (Å²) in [5.41, 5.74) is -0.0948. The molecule has 2 heterocycles. The number of halogens is 1. The number of hydrogen-bond donors (Lipinski definition) is 2. The zero-order chi connectivity index (χ0) is 20.2. The molecule has 2 aromatic rings. The van der Waals surface area contributed by atoms with E-state index in [1.807, 2.05) is 4.90 Å². The van der Waals surface area contributed by atoms with Crippen LogP contribution in [0.2, 0.25) is 0 Å². The Morgan fingerprint density at radius 1 is 1.31 bits per heavy atom. The van der Waals surface area contributed by atoms with Crippen molar-refractivity contribution in [3.8, 4) is 5.75 Å². The number of ether oxygens (including phenoxy) is 1. The molecule has 1 aliphatic heterocycles. The Morgan fingerprint density at radius 2 is 2.03 bits per heavy atom. The van der Waals surface area contributed by atoms with Crippen molar-refractivity contribution in [1.82, 2.24) is 9.97 Å². The number of fused-ring (bicyclic) bond motifs is 1. The molecule has 3 fully saturated rings. The summed E-state index contributed by atoms with van der Waals surface area (Å²) < 4.78 is 20.1. The van der Waals surface area contributed by atoms with E-state index in [1.54, 1.807) is 6.07 Å². The van der Waals surface area contributed by atoms with E-state index >= 15 is 0 Å². The van der Waals surface area contributed by atoms with Gasteiger partial charge in [-0.1, -0.05) is 0 Å². The quantitative estimate of drug-likeness (QED) is 0.800. The second-order valence-corrected chi connectivity index (χ2v) is 8.87. The molecule has 1 aromatic carbocycles. The van der Waals surface area contributed by atoms with E-state index in [0.717, 1.165) is 38.5 Å². The van der Waals surface area contributed by atoms with Crippen molar-refractivity contribution in [3.05, 3.63) is 28.3 Å². The molecule has 7 nitrogen and oxygen atoms in total. The van der Waals surface area contributed by atoms with Crippen molar-refractivity contribution in [1.29, 1.82) is 0 Å². The molecule has 29 heavy (non-hydrogen) atoms. The largest absolute Gasteiger partial charge is 0.493 e. The first kappa shape index (κ1) is 18.4. The summed E-state index contributed by atoms with van der Waals surface area (Å²) in [5, 5.41) is 9.07. The zero-order valence-electron chi connectivity index (χ0n) is 16.1. The molecule has 154 valence electrons. The summed E-state index contributed by atoms with van der Waals surface area (Å²) in [6.45, 7) is 1.95. The van der Waals surface area contributed by atoms with E-state index in [4.69, 9.17) is 9.84 Å². The van der Waals surface area contributed by atoms with Crippen molar-refractivity contribution in [3.63, 3.8) is 0 Å². The van der Waals surface area contributed by atoms with Gasteiger partial charge in [0, 0.05) is 25.2 Å². The van der Waals surface area contributed by atoms with Gasteiger partial charge in [-0.3, -0.25) is 14.6 Å². The lowest BCUT2D eigenvalue weighted by Gasteiger charge is -2.50. The second-order valence-electron chi connectivity index (χ2n) is 8.87. The van der Waals surface area contributed by atoms with Gasteiger partial charge >= 0.3 is 5.97 Å². The summed E-state index contributed by atoms with van der Waals surface area (Å²) in [7, 11) is 0. The van der Waals surface area contributed by atoms with Crippen LogP contribution in [0, 0.1) is 23.1 Å². The van der Waals surface area contributed by atoms with Gasteiger partial charge in [0.1, 0.15) is 17.0 Å². The van der Waals surface area contributed by atoms with Crippen LogP contribution in [-0.4, -0.2) is 40.7 Å². The van der Waals surface area contributed by atoms with Gasteiger partial charge in [0.25, 0.3) is 5.56 Å². The summed E-state index contributed by atoms with van der Waals surface area (Å²) in [6, 6.07) is 2.88. The molecule has 0 atom stereocenters. The number of piperidine rings is 1. The maximum absolute atomic E-state index is 14.5. The summed E-state index contributed by atoms with van der Waals surface area (Å²) >= 11 is 0. The van der Waals surface area contributed by atoms with Crippen molar-refractivity contribution in [2.75, 3.05) is 24.6 Å². The molecule has 5 rings (SSSR count). The van der Waals surface area contributed by atoms with E-state index in [2.05, 4.69) is 9.97 Å². The highest BCUT2D eigenvalue weighted by molar-refractivity contribution is 5.81. The summed E-state index contributed by atoms with van der Waals surface area (Å²) in [4.78, 5) is 32.8. The average molecular weight is 401 g/mol. The van der Waals surface area contributed by atoms with Crippen molar-refractivity contribution in [2.45, 2.75) is 38.5 Å². The van der Waals surface area contributed by atoms with E-state index in [-0.39, 0.29) is 16.7 Å². The van der Waals surface area contributed by atoms with Gasteiger partial charge in [0.15, 0.2) is 0 Å². The number of carboxylic acid groups (broad SMARTS) is 1. The number of nitrogens with one attached hydrogen (secondary N) is 1. The lowest BCUT2D eigenvalue weighted by atomic mass is 9.57. The Labute approximate surface area is 166 Å². The first-order chi connectivity index (χ1) is 13.9. The fourth-order valence-corrected chi connectivity index (χ4v) is 4.68. The number of aromatic amines is 1. The second kappa shape index (κ2) is 6.71. The van der Waals surface area contributed by atoms with Crippen LogP contribution in [0.4, 0.5) is 10.3 Å². The number of carboxylic acids is 1. The highest BCUT2D eigenvalue weighted by Gasteiger charge is 2.48. The lowest BCUT2D eigenvalue weighted by molar-refractivity contribution is -0.151. The third-order valence-corrected chi connectivity index (χ3v) is 6.74. The zero-order valence-corrected chi connectivity index (χ0v) is 16.1. The minimum absolute atomic E-state index is 0.0516. The predicted molar refractivity (Wildman–Crippen MR) is 105 cm³/mol. The summed E-state index contributed by atoms with van der Waals surface area (Å²) in [6.07, 6.45) is 5.48. The minimum atomic E-state index is -0.708. The molecular formula is C21H24FN3O4. The standard InChI is InChI=1S/C21H24FN3O4/c22-15-7-14(29-11-12-1-2-12)8-16-17(15)18(26)24-20(23-16)25-5-3-21(4-6-25)9-13(10-21)19(27)28/h7-8,12-13H,1-6,9-11H2,(H,27,28)(H,23,24,26). The highest BCUT2D eigenvalue weighted by Crippen LogP contribution is 2.52. The number of anilines is 1. The van der Waals surface area contributed by atoms with Gasteiger partial charge in [-0.25, -0.2) is 9.37 Å². The van der Waals surface area contributed by atoms with Crippen LogP contribution in [0.1, 0.15) is 38.5 Å². The first-order valence-electron chi connectivity index (χ1n) is 10.3. The number of H-pyrrole nitrogens is 1. The Bertz CT molecular complexity index is 1020. The monoisotopic (exact) mass is 401 g/mol. The molecule has 2 aliphatic carbocycles. The van der Waals surface area contributed by atoms with Crippen molar-refractivity contribution >= 4 is 22.8 Å². The van der Waals surface area contributed by atoms with Gasteiger partial charge in [-0.15, -0.1) is 0 Å². The Morgan fingerprint density at radius 3 is 2.69 bits per heavy atom. The number of carbonyl (C=O) groups is 1. The van der Waals surface area contributed by atoms with Crippen LogP contribution in [0.15, 0.2) is 16.9 Å². The number of benzene rings is 1. The van der Waals surface area contributed by atoms with Crippen molar-refractivity contribution in [2.24, 2.45) is 17.3 Å². The third-order valence-electron chi connectivity index (χ3n) is 6.74. The number of aliphatic carboxylic acids is 1. The number of nitrogens with zero attached hydrogens (tertiary/aromatic N) is 2. The van der Waals surface area contributed by atoms with Gasteiger partial charge < -0.3 is 14.7 Å². The van der Waals surface area contributed by atoms with Crippen LogP contribution in [0.5, 0.6) is 5.75 Å². The van der Waals surface area contributed by atoms with Crippen LogP contribution in [0.25, 0.3) is 10.9 Å². The molecule has 1 aromatic heterocycles. The molecule has 0 unspecified atom stereocenters. The Kier molecular flexibility index (Phi) is 4.26. The maximum atomic E-state index is 14.5. The fourth-order valence-electron chi connectivity index (χ4n) is 4.68. The molecule has 1 spiro atoms. The first-order valence-corrected chi connectivity index (χ1v) is 10.3. The maximum Gasteiger partial charge on any atom is 0.306 e. The van der Waals surface area contributed by atoms with Gasteiger partial charge in [-0.05, 0) is 49.9 Å². The number of aromatic nitrogens is 2. The molecule has 0 bridgehead atoms. The Balaban J connectivity index is 1.35. The molecular weight excluding hydrogens is 377 g/mol. The smallest absolute Gasteiger partial charge is 0.306 e. The molecule has 8 heteroatoms. The molecule has 0 radical (unpaired) electrons. The normalized spacial score (nSPS) is 21.3. The van der Waals surface area contributed by atoms with Crippen LogP contribution in [-0.2, 0) is 4.79 Å². The predicted octanol–water partition coefficient (Wildman–Crippen LogP) is 2.93. The van der Waals surface area contributed by atoms with Crippen LogP contribution in [0.3, 0.4) is 0 Å². The molecule has 0 amide bonds. The van der Waals surface area contributed by atoms with Gasteiger partial charge in [0.05, 0.1) is 18.0 Å². The number of rotatable bonds is 5.